The summed E-state index contributed by atoms with van der Waals surface area (Å²) in [5.74, 6) is -1.17. The van der Waals surface area contributed by atoms with E-state index in [-0.39, 0.29) is 0 Å². The Bertz CT molecular complexity index is 905. The Hall–Kier alpha value is -2.93. The fourth-order valence-corrected chi connectivity index (χ4v) is 3.33. The SMILES string of the molecule is O=C(Nc1cnc2c(c1)C=NC2)C(=O)N1CCN(c2ccc(Cl)cc2)CC1. The normalized spacial score (nSPS) is 15.6. The minimum atomic E-state index is -0.647. The van der Waals surface area contributed by atoms with Gasteiger partial charge in [-0.15, -0.1) is 0 Å². The number of piperazine rings is 1. The van der Waals surface area contributed by atoms with Crippen molar-refractivity contribution in [3.8, 4) is 0 Å². The number of rotatable bonds is 2. The van der Waals surface area contributed by atoms with Crippen LogP contribution >= 0.6 is 11.6 Å². The van der Waals surface area contributed by atoms with Gasteiger partial charge in [0.05, 0.1) is 24.1 Å². The van der Waals surface area contributed by atoms with Gasteiger partial charge in [-0.1, -0.05) is 11.6 Å². The molecule has 0 aliphatic carbocycles. The number of benzene rings is 1. The third-order valence-corrected chi connectivity index (χ3v) is 4.94. The van der Waals surface area contributed by atoms with Gasteiger partial charge in [0, 0.05) is 48.7 Å². The molecule has 2 aliphatic heterocycles. The van der Waals surface area contributed by atoms with Gasteiger partial charge in [0.1, 0.15) is 0 Å². The van der Waals surface area contributed by atoms with E-state index < -0.39 is 11.8 Å². The Morgan fingerprint density at radius 1 is 1.07 bits per heavy atom. The molecule has 0 radical (unpaired) electrons. The molecule has 8 heteroatoms. The average molecular weight is 384 g/mol. The summed E-state index contributed by atoms with van der Waals surface area (Å²) in [6, 6.07) is 9.38. The van der Waals surface area contributed by atoms with Gasteiger partial charge in [-0.25, -0.2) is 0 Å². The van der Waals surface area contributed by atoms with Crippen LogP contribution in [0.3, 0.4) is 0 Å². The smallest absolute Gasteiger partial charge is 0.313 e. The number of carbonyl (C=O) groups is 2. The average Bonchev–Trinajstić information content (AvgIpc) is 3.16. The van der Waals surface area contributed by atoms with E-state index in [1.54, 1.807) is 23.4 Å². The molecular weight excluding hydrogens is 366 g/mol. The molecule has 7 nitrogen and oxygen atoms in total. The van der Waals surface area contributed by atoms with Crippen LogP contribution in [0.25, 0.3) is 0 Å². The first-order valence-corrected chi connectivity index (χ1v) is 9.07. The number of pyridine rings is 1. The maximum atomic E-state index is 12.5. The van der Waals surface area contributed by atoms with Gasteiger partial charge in [0.25, 0.3) is 0 Å². The fourth-order valence-electron chi connectivity index (χ4n) is 3.20. The molecule has 2 amide bonds. The number of anilines is 2. The Morgan fingerprint density at radius 2 is 1.81 bits per heavy atom. The lowest BCUT2D eigenvalue weighted by atomic mass is 10.2. The third-order valence-electron chi connectivity index (χ3n) is 4.69. The van der Waals surface area contributed by atoms with Crippen molar-refractivity contribution in [1.29, 1.82) is 0 Å². The van der Waals surface area contributed by atoms with Gasteiger partial charge in [0.15, 0.2) is 0 Å². The van der Waals surface area contributed by atoms with Gasteiger partial charge in [-0.2, -0.15) is 0 Å². The summed E-state index contributed by atoms with van der Waals surface area (Å²) in [7, 11) is 0. The molecule has 1 fully saturated rings. The first kappa shape index (κ1) is 17.5. The zero-order valence-electron chi connectivity index (χ0n) is 14.6. The topological polar surface area (TPSA) is 77.9 Å². The van der Waals surface area contributed by atoms with E-state index in [1.165, 1.54) is 0 Å². The second kappa shape index (κ2) is 7.36. The number of nitrogens with zero attached hydrogens (tertiary/aromatic N) is 4. The van der Waals surface area contributed by atoms with Crippen LogP contribution in [0, 0.1) is 0 Å². The number of halogens is 1. The van der Waals surface area contributed by atoms with Crippen molar-refractivity contribution in [3.05, 3.63) is 52.8 Å². The zero-order valence-corrected chi connectivity index (χ0v) is 15.3. The molecule has 0 bridgehead atoms. The number of amides is 2. The third kappa shape index (κ3) is 3.78. The van der Waals surface area contributed by atoms with E-state index in [0.29, 0.717) is 43.4 Å². The Morgan fingerprint density at radius 3 is 2.56 bits per heavy atom. The Kier molecular flexibility index (Phi) is 4.77. The lowest BCUT2D eigenvalue weighted by Crippen LogP contribution is -2.51. The molecule has 1 aromatic heterocycles. The predicted octanol–water partition coefficient (Wildman–Crippen LogP) is 1.95. The fraction of sp³-hybridized carbons (Fsp3) is 0.263. The first-order valence-electron chi connectivity index (χ1n) is 8.70. The van der Waals surface area contributed by atoms with Crippen molar-refractivity contribution in [2.24, 2.45) is 4.99 Å². The molecule has 0 saturated carbocycles. The molecule has 138 valence electrons. The van der Waals surface area contributed by atoms with E-state index in [0.717, 1.165) is 16.9 Å². The number of nitrogens with one attached hydrogen (secondary N) is 1. The molecule has 1 N–H and O–H groups in total. The number of carbonyl (C=O) groups excluding carboxylic acids is 2. The second-order valence-electron chi connectivity index (χ2n) is 6.44. The van der Waals surface area contributed by atoms with E-state index in [2.05, 4.69) is 20.2 Å². The highest BCUT2D eigenvalue weighted by atomic mass is 35.5. The number of fused-ring (bicyclic) bond motifs is 1. The van der Waals surface area contributed by atoms with Gasteiger partial charge in [-0.05, 0) is 30.3 Å². The standard InChI is InChI=1S/C19H18ClN5O2/c20-14-1-3-16(4-2-14)24-5-7-25(8-6-24)19(27)18(26)23-15-9-13-10-21-12-17(13)22-11-15/h1-4,9-11H,5-8,12H2,(H,23,26). The van der Waals surface area contributed by atoms with Crippen LogP contribution in [0.4, 0.5) is 11.4 Å². The van der Waals surface area contributed by atoms with Crippen LogP contribution in [0.1, 0.15) is 11.3 Å². The molecule has 27 heavy (non-hydrogen) atoms. The van der Waals surface area contributed by atoms with Crippen molar-refractivity contribution in [2.45, 2.75) is 6.54 Å². The molecule has 0 atom stereocenters. The van der Waals surface area contributed by atoms with Crippen molar-refractivity contribution in [1.82, 2.24) is 9.88 Å². The number of aromatic nitrogens is 1. The number of hydrogen-bond donors (Lipinski definition) is 1. The lowest BCUT2D eigenvalue weighted by Gasteiger charge is -2.35. The van der Waals surface area contributed by atoms with Gasteiger partial charge >= 0.3 is 11.8 Å². The van der Waals surface area contributed by atoms with Crippen molar-refractivity contribution < 1.29 is 9.59 Å². The molecule has 4 rings (SSSR count). The summed E-state index contributed by atoms with van der Waals surface area (Å²) < 4.78 is 0. The van der Waals surface area contributed by atoms with Crippen LogP contribution in [-0.2, 0) is 16.1 Å². The summed E-state index contributed by atoms with van der Waals surface area (Å²) >= 11 is 5.92. The van der Waals surface area contributed by atoms with Crippen LogP contribution in [-0.4, -0.2) is 54.1 Å². The highest BCUT2D eigenvalue weighted by molar-refractivity contribution is 6.39. The maximum absolute atomic E-state index is 12.5. The quantitative estimate of drug-likeness (QED) is 0.804. The highest BCUT2D eigenvalue weighted by Crippen LogP contribution is 2.20. The molecule has 1 aromatic carbocycles. The second-order valence-corrected chi connectivity index (χ2v) is 6.88. The van der Waals surface area contributed by atoms with E-state index in [4.69, 9.17) is 11.6 Å². The van der Waals surface area contributed by atoms with Crippen LogP contribution < -0.4 is 10.2 Å². The van der Waals surface area contributed by atoms with Gasteiger partial charge in [0.2, 0.25) is 0 Å². The van der Waals surface area contributed by atoms with Crippen molar-refractivity contribution in [3.63, 3.8) is 0 Å². The van der Waals surface area contributed by atoms with Crippen molar-refractivity contribution >= 4 is 41.0 Å². The van der Waals surface area contributed by atoms with Gasteiger partial charge in [-0.3, -0.25) is 19.6 Å². The Labute approximate surface area is 161 Å². The molecule has 2 aliphatic rings. The molecular formula is C19H18ClN5O2. The van der Waals surface area contributed by atoms with Crippen LogP contribution in [0.5, 0.6) is 0 Å². The first-order chi connectivity index (χ1) is 13.1. The zero-order chi connectivity index (χ0) is 18.8. The van der Waals surface area contributed by atoms with E-state index in [9.17, 15) is 9.59 Å². The number of aliphatic imine (C=N–C) groups is 1. The summed E-state index contributed by atoms with van der Waals surface area (Å²) in [5, 5.41) is 3.33. The van der Waals surface area contributed by atoms with Crippen LogP contribution in [0.2, 0.25) is 5.02 Å². The lowest BCUT2D eigenvalue weighted by molar-refractivity contribution is -0.143. The molecule has 0 spiro atoms. The van der Waals surface area contributed by atoms with Gasteiger partial charge < -0.3 is 15.1 Å². The predicted molar refractivity (Wildman–Crippen MR) is 104 cm³/mol. The van der Waals surface area contributed by atoms with Crippen LogP contribution in [0.15, 0.2) is 41.5 Å². The van der Waals surface area contributed by atoms with E-state index >= 15 is 0 Å². The summed E-state index contributed by atoms with van der Waals surface area (Å²) in [6.45, 7) is 2.86. The minimum absolute atomic E-state index is 0.490. The molecule has 2 aromatic rings. The molecule has 0 unspecified atom stereocenters. The monoisotopic (exact) mass is 383 g/mol. The molecule has 3 heterocycles. The largest absolute Gasteiger partial charge is 0.368 e. The summed E-state index contributed by atoms with van der Waals surface area (Å²) in [4.78, 5) is 36.9. The van der Waals surface area contributed by atoms with E-state index in [1.807, 2.05) is 24.3 Å². The Balaban J connectivity index is 1.34. The molecule has 1 saturated heterocycles. The summed E-state index contributed by atoms with van der Waals surface area (Å²) in [6.07, 6.45) is 3.27. The summed E-state index contributed by atoms with van der Waals surface area (Å²) in [5.41, 5.74) is 3.30. The highest BCUT2D eigenvalue weighted by Gasteiger charge is 2.26. The minimum Gasteiger partial charge on any atom is -0.368 e. The maximum Gasteiger partial charge on any atom is 0.313 e. The van der Waals surface area contributed by atoms with Crippen molar-refractivity contribution in [2.75, 3.05) is 36.4 Å². The number of hydrogen-bond acceptors (Lipinski definition) is 5.